The molecule has 1 heterocycles. The minimum absolute atomic E-state index is 0. The minimum atomic E-state index is -0.152. The topological polar surface area (TPSA) is 68.0 Å². The van der Waals surface area contributed by atoms with E-state index in [1.54, 1.807) is 24.0 Å². The fourth-order valence-corrected chi connectivity index (χ4v) is 2.59. The number of halogens is 1. The Morgan fingerprint density at radius 1 is 1.47 bits per heavy atom. The molecule has 1 aromatic heterocycles. The zero-order valence-electron chi connectivity index (χ0n) is 11.6. The molecular weight excluding hydrogens is 282 g/mol. The summed E-state index contributed by atoms with van der Waals surface area (Å²) in [4.78, 5) is 15.9. The summed E-state index contributed by atoms with van der Waals surface area (Å²) in [7, 11) is 0. The monoisotopic (exact) mass is 303 g/mol. The summed E-state index contributed by atoms with van der Waals surface area (Å²) >= 11 is 1.80. The Morgan fingerprint density at radius 2 is 2.11 bits per heavy atom. The van der Waals surface area contributed by atoms with Crippen LogP contribution < -0.4 is 11.1 Å². The SMILES string of the molecule is CCC(CC)(CNC(=O)c1cnccc1N)SC.Cl. The van der Waals surface area contributed by atoms with Gasteiger partial charge < -0.3 is 11.1 Å². The van der Waals surface area contributed by atoms with Crippen molar-refractivity contribution in [2.24, 2.45) is 0 Å². The number of pyridine rings is 1. The van der Waals surface area contributed by atoms with Gasteiger partial charge in [-0.1, -0.05) is 13.8 Å². The van der Waals surface area contributed by atoms with E-state index in [2.05, 4.69) is 30.4 Å². The highest BCUT2D eigenvalue weighted by atomic mass is 35.5. The molecule has 0 aromatic carbocycles. The molecule has 0 saturated carbocycles. The van der Waals surface area contributed by atoms with Crippen molar-refractivity contribution < 1.29 is 4.79 Å². The molecular formula is C13H22ClN3OS. The molecule has 0 fully saturated rings. The molecule has 1 rings (SSSR count). The molecule has 1 aromatic rings. The van der Waals surface area contributed by atoms with Crippen LogP contribution in [0.25, 0.3) is 0 Å². The smallest absolute Gasteiger partial charge is 0.254 e. The molecule has 0 unspecified atom stereocenters. The molecule has 6 heteroatoms. The van der Waals surface area contributed by atoms with Gasteiger partial charge in [0.2, 0.25) is 0 Å². The molecule has 0 aliphatic carbocycles. The van der Waals surface area contributed by atoms with Crippen molar-refractivity contribution in [3.63, 3.8) is 0 Å². The van der Waals surface area contributed by atoms with E-state index in [9.17, 15) is 4.79 Å². The van der Waals surface area contributed by atoms with Crippen LogP contribution in [0.1, 0.15) is 37.0 Å². The van der Waals surface area contributed by atoms with E-state index in [1.807, 2.05) is 0 Å². The molecule has 0 aliphatic heterocycles. The van der Waals surface area contributed by atoms with Crippen LogP contribution in [-0.2, 0) is 0 Å². The number of hydrogen-bond donors (Lipinski definition) is 2. The summed E-state index contributed by atoms with van der Waals surface area (Å²) < 4.78 is 0.104. The fourth-order valence-electron chi connectivity index (χ4n) is 1.79. The van der Waals surface area contributed by atoms with Gasteiger partial charge in [-0.25, -0.2) is 0 Å². The van der Waals surface area contributed by atoms with Gasteiger partial charge >= 0.3 is 0 Å². The van der Waals surface area contributed by atoms with E-state index >= 15 is 0 Å². The first-order chi connectivity index (χ1) is 8.58. The third kappa shape index (κ3) is 4.58. The lowest BCUT2D eigenvalue weighted by atomic mass is 10.0. The van der Waals surface area contributed by atoms with Crippen LogP contribution in [-0.4, -0.2) is 28.4 Å². The number of amides is 1. The second-order valence-corrected chi connectivity index (χ2v) is 5.51. The predicted octanol–water partition coefficient (Wildman–Crippen LogP) is 2.74. The molecule has 1 amide bonds. The first kappa shape index (κ1) is 18.1. The molecule has 108 valence electrons. The molecule has 0 spiro atoms. The summed E-state index contributed by atoms with van der Waals surface area (Å²) in [6.07, 6.45) is 7.21. The van der Waals surface area contributed by atoms with Crippen molar-refractivity contribution in [2.75, 3.05) is 18.5 Å². The van der Waals surface area contributed by atoms with Crippen molar-refractivity contribution in [3.8, 4) is 0 Å². The van der Waals surface area contributed by atoms with Crippen molar-refractivity contribution in [1.29, 1.82) is 0 Å². The predicted molar refractivity (Wildman–Crippen MR) is 85.1 cm³/mol. The van der Waals surface area contributed by atoms with E-state index in [-0.39, 0.29) is 23.1 Å². The lowest BCUT2D eigenvalue weighted by molar-refractivity contribution is 0.0949. The number of nitrogens with one attached hydrogen (secondary N) is 1. The highest BCUT2D eigenvalue weighted by Gasteiger charge is 2.25. The number of nitrogens with zero attached hydrogens (tertiary/aromatic N) is 1. The van der Waals surface area contributed by atoms with Crippen molar-refractivity contribution in [3.05, 3.63) is 24.0 Å². The number of thioether (sulfide) groups is 1. The third-order valence-electron chi connectivity index (χ3n) is 3.39. The van der Waals surface area contributed by atoms with E-state index in [0.29, 0.717) is 17.8 Å². The van der Waals surface area contributed by atoms with Gasteiger partial charge in [-0.15, -0.1) is 12.4 Å². The summed E-state index contributed by atoms with van der Waals surface area (Å²) in [5, 5.41) is 2.95. The lowest BCUT2D eigenvalue weighted by Gasteiger charge is -2.29. The van der Waals surface area contributed by atoms with Crippen LogP contribution in [0.15, 0.2) is 18.5 Å². The average molecular weight is 304 g/mol. The Kier molecular flexibility index (Phi) is 7.87. The van der Waals surface area contributed by atoms with Crippen LogP contribution in [0.4, 0.5) is 5.69 Å². The maximum Gasteiger partial charge on any atom is 0.254 e. The maximum atomic E-state index is 12.0. The van der Waals surface area contributed by atoms with Crippen LogP contribution in [0.5, 0.6) is 0 Å². The molecule has 0 radical (unpaired) electrons. The standard InChI is InChI=1S/C13H21N3OS.ClH/c1-4-13(5-2,18-3)9-16-12(17)10-8-15-7-6-11(10)14;/h6-8H,4-5,9H2,1-3H3,(H2,14,15)(H,16,17);1H. The van der Waals surface area contributed by atoms with Gasteiger partial charge in [0, 0.05) is 29.4 Å². The minimum Gasteiger partial charge on any atom is -0.398 e. The summed E-state index contributed by atoms with van der Waals surface area (Å²) in [6.45, 7) is 4.93. The summed E-state index contributed by atoms with van der Waals surface area (Å²) in [6, 6.07) is 1.64. The number of rotatable bonds is 6. The zero-order chi connectivity index (χ0) is 13.6. The van der Waals surface area contributed by atoms with Crippen LogP contribution in [0.3, 0.4) is 0 Å². The second-order valence-electron chi connectivity index (χ2n) is 4.24. The van der Waals surface area contributed by atoms with Gasteiger partial charge in [-0.05, 0) is 25.2 Å². The molecule has 4 nitrogen and oxygen atoms in total. The second kappa shape index (κ2) is 8.27. The van der Waals surface area contributed by atoms with Gasteiger partial charge in [-0.2, -0.15) is 11.8 Å². The number of anilines is 1. The van der Waals surface area contributed by atoms with Gasteiger partial charge in [0.15, 0.2) is 0 Å². The first-order valence-electron chi connectivity index (χ1n) is 6.11. The largest absolute Gasteiger partial charge is 0.398 e. The van der Waals surface area contributed by atoms with Crippen LogP contribution >= 0.6 is 24.2 Å². The fraction of sp³-hybridized carbons (Fsp3) is 0.538. The van der Waals surface area contributed by atoms with Crippen LogP contribution in [0.2, 0.25) is 0 Å². The average Bonchev–Trinajstić information content (AvgIpc) is 2.41. The summed E-state index contributed by atoms with van der Waals surface area (Å²) in [5.41, 5.74) is 6.66. The number of nitrogens with two attached hydrogens (primary N) is 1. The molecule has 3 N–H and O–H groups in total. The highest BCUT2D eigenvalue weighted by molar-refractivity contribution is 8.00. The van der Waals surface area contributed by atoms with E-state index in [1.165, 1.54) is 6.20 Å². The molecule has 0 saturated heterocycles. The van der Waals surface area contributed by atoms with Crippen molar-refractivity contribution in [2.45, 2.75) is 31.4 Å². The molecule has 19 heavy (non-hydrogen) atoms. The lowest BCUT2D eigenvalue weighted by Crippen LogP contribution is -2.39. The Bertz CT molecular complexity index is 402. The molecule has 0 atom stereocenters. The van der Waals surface area contributed by atoms with Gasteiger partial charge in [0.05, 0.1) is 5.56 Å². The maximum absolute atomic E-state index is 12.0. The van der Waals surface area contributed by atoms with Gasteiger partial charge in [0.1, 0.15) is 0 Å². The molecule has 0 aliphatic rings. The molecule has 0 bridgehead atoms. The number of carbonyl (C=O) groups is 1. The van der Waals surface area contributed by atoms with Crippen molar-refractivity contribution >= 4 is 35.8 Å². The highest BCUT2D eigenvalue weighted by Crippen LogP contribution is 2.29. The first-order valence-corrected chi connectivity index (χ1v) is 7.34. The third-order valence-corrected chi connectivity index (χ3v) is 4.98. The number of carbonyl (C=O) groups excluding carboxylic acids is 1. The van der Waals surface area contributed by atoms with E-state index < -0.39 is 0 Å². The van der Waals surface area contributed by atoms with E-state index in [4.69, 9.17) is 5.73 Å². The normalized spacial score (nSPS) is 10.7. The Hall–Kier alpha value is -0.940. The number of nitrogen functional groups attached to an aromatic ring is 1. The summed E-state index contributed by atoms with van der Waals surface area (Å²) in [5.74, 6) is -0.152. The van der Waals surface area contributed by atoms with Gasteiger partial charge in [0.25, 0.3) is 5.91 Å². The Balaban J connectivity index is 0.00000324. The quantitative estimate of drug-likeness (QED) is 0.848. The number of hydrogen-bond acceptors (Lipinski definition) is 4. The Morgan fingerprint density at radius 3 is 2.58 bits per heavy atom. The number of aromatic nitrogens is 1. The van der Waals surface area contributed by atoms with E-state index in [0.717, 1.165) is 12.8 Å². The van der Waals surface area contributed by atoms with Gasteiger partial charge in [-0.3, -0.25) is 9.78 Å². The Labute approximate surface area is 125 Å². The van der Waals surface area contributed by atoms with Crippen molar-refractivity contribution in [1.82, 2.24) is 10.3 Å². The zero-order valence-corrected chi connectivity index (χ0v) is 13.2. The van der Waals surface area contributed by atoms with Crippen LogP contribution in [0, 0.1) is 0 Å².